The van der Waals surface area contributed by atoms with E-state index >= 15 is 0 Å². The number of halogens is 1. The Morgan fingerprint density at radius 3 is 2.36 bits per heavy atom. The van der Waals surface area contributed by atoms with E-state index in [9.17, 15) is 4.79 Å². The lowest BCUT2D eigenvalue weighted by Crippen LogP contribution is -2.49. The highest BCUT2D eigenvalue weighted by Gasteiger charge is 2.30. The molecule has 1 amide bonds. The normalized spacial score (nSPS) is 12.0. The lowest BCUT2D eigenvalue weighted by molar-refractivity contribution is 0.00749. The molecular weight excluding hydrogens is 300 g/mol. The summed E-state index contributed by atoms with van der Waals surface area (Å²) >= 11 is 5.96. The minimum Gasteiger partial charge on any atom is -0.444 e. The number of rotatable bonds is 4. The van der Waals surface area contributed by atoms with E-state index in [-0.39, 0.29) is 11.6 Å². The van der Waals surface area contributed by atoms with Gasteiger partial charge in [-0.15, -0.1) is 0 Å². The summed E-state index contributed by atoms with van der Waals surface area (Å²) in [6, 6.07) is 7.52. The van der Waals surface area contributed by atoms with E-state index in [1.54, 1.807) is 4.90 Å². The van der Waals surface area contributed by atoms with Gasteiger partial charge in [-0.2, -0.15) is 0 Å². The summed E-state index contributed by atoms with van der Waals surface area (Å²) in [4.78, 5) is 14.1. The number of hydrogen-bond donors (Lipinski definition) is 1. The quantitative estimate of drug-likeness (QED) is 0.865. The molecule has 22 heavy (non-hydrogen) atoms. The van der Waals surface area contributed by atoms with E-state index in [0.717, 1.165) is 5.69 Å². The third-order valence-electron chi connectivity index (χ3n) is 2.91. The van der Waals surface area contributed by atoms with Crippen LogP contribution in [0.4, 0.5) is 10.5 Å². The molecule has 1 N–H and O–H groups in total. The van der Waals surface area contributed by atoms with E-state index in [2.05, 4.69) is 5.32 Å². The minimum absolute atomic E-state index is 0.298. The molecule has 0 spiro atoms. The highest BCUT2D eigenvalue weighted by atomic mass is 35.5. The molecule has 0 heterocycles. The lowest BCUT2D eigenvalue weighted by Gasteiger charge is -2.37. The summed E-state index contributed by atoms with van der Waals surface area (Å²) in [5.41, 5.74) is 0.129. The first-order chi connectivity index (χ1) is 9.99. The molecule has 0 saturated heterocycles. The number of carbonyl (C=O) groups excluding carboxylic acids is 1. The van der Waals surface area contributed by atoms with Crippen LogP contribution in [-0.2, 0) is 4.74 Å². The molecule has 124 valence electrons. The van der Waals surface area contributed by atoms with Crippen LogP contribution in [0.15, 0.2) is 24.3 Å². The van der Waals surface area contributed by atoms with Crippen LogP contribution >= 0.6 is 11.6 Å². The zero-order valence-electron chi connectivity index (χ0n) is 14.4. The van der Waals surface area contributed by atoms with Crippen LogP contribution in [-0.4, -0.2) is 35.2 Å². The lowest BCUT2D eigenvalue weighted by atomic mass is 10.1. The summed E-state index contributed by atoms with van der Waals surface area (Å²) in [7, 11) is 0. The van der Waals surface area contributed by atoms with Crippen molar-refractivity contribution in [2.24, 2.45) is 0 Å². The fourth-order valence-corrected chi connectivity index (χ4v) is 2.12. The maximum Gasteiger partial charge on any atom is 0.410 e. The Kier molecular flexibility index (Phi) is 6.12. The number of nitrogens with zero attached hydrogens (tertiary/aromatic N) is 1. The smallest absolute Gasteiger partial charge is 0.410 e. The zero-order chi connectivity index (χ0) is 17.0. The minimum atomic E-state index is -0.499. The highest BCUT2D eigenvalue weighted by Crippen LogP contribution is 2.19. The maximum absolute atomic E-state index is 12.4. The van der Waals surface area contributed by atoms with Crippen molar-refractivity contribution in [3.05, 3.63) is 29.3 Å². The molecule has 0 aliphatic carbocycles. The van der Waals surface area contributed by atoms with Crippen LogP contribution in [0.1, 0.15) is 41.5 Å². The second-order valence-corrected chi connectivity index (χ2v) is 7.68. The summed E-state index contributed by atoms with van der Waals surface area (Å²) < 4.78 is 5.49. The molecule has 4 nitrogen and oxygen atoms in total. The van der Waals surface area contributed by atoms with E-state index < -0.39 is 5.60 Å². The Labute approximate surface area is 138 Å². The Balaban J connectivity index is 2.65. The molecule has 0 saturated carbocycles. The molecule has 0 aromatic heterocycles. The highest BCUT2D eigenvalue weighted by molar-refractivity contribution is 6.30. The van der Waals surface area contributed by atoms with Crippen LogP contribution in [0, 0.1) is 0 Å². The van der Waals surface area contributed by atoms with E-state index in [1.165, 1.54) is 0 Å². The molecule has 0 radical (unpaired) electrons. The third-order valence-corrected chi connectivity index (χ3v) is 3.15. The molecule has 1 aromatic carbocycles. The molecular formula is C17H27ClN2O2. The molecule has 0 aliphatic rings. The van der Waals surface area contributed by atoms with Crippen LogP contribution in [0.2, 0.25) is 5.02 Å². The molecule has 0 unspecified atom stereocenters. The van der Waals surface area contributed by atoms with Crippen molar-refractivity contribution in [2.45, 2.75) is 52.7 Å². The van der Waals surface area contributed by atoms with E-state index in [4.69, 9.17) is 16.3 Å². The first kappa shape index (κ1) is 18.6. The molecule has 1 rings (SSSR count). The number of amides is 1. The standard InChI is InChI=1S/C17H27ClN2O2/c1-16(2,3)20(15(21)22-17(4,5)6)11-10-19-14-9-7-8-13(18)12-14/h7-9,12,19H,10-11H2,1-6H3. The molecule has 5 heteroatoms. The first-order valence-corrected chi connectivity index (χ1v) is 7.87. The number of anilines is 1. The van der Waals surface area contributed by atoms with Crippen LogP contribution in [0.25, 0.3) is 0 Å². The molecule has 0 atom stereocenters. The fourth-order valence-electron chi connectivity index (χ4n) is 1.93. The molecule has 0 fully saturated rings. The number of nitrogens with one attached hydrogen (secondary N) is 1. The number of hydrogen-bond acceptors (Lipinski definition) is 3. The predicted octanol–water partition coefficient (Wildman–Crippen LogP) is 4.79. The van der Waals surface area contributed by atoms with Gasteiger partial charge in [0.25, 0.3) is 0 Å². The van der Waals surface area contributed by atoms with Crippen molar-refractivity contribution >= 4 is 23.4 Å². The molecule has 1 aromatic rings. The van der Waals surface area contributed by atoms with Gasteiger partial charge < -0.3 is 15.0 Å². The average Bonchev–Trinajstić information content (AvgIpc) is 2.30. The summed E-state index contributed by atoms with van der Waals surface area (Å²) in [5.74, 6) is 0. The maximum atomic E-state index is 12.4. The molecule has 0 bridgehead atoms. The topological polar surface area (TPSA) is 41.6 Å². The van der Waals surface area contributed by atoms with Crippen molar-refractivity contribution in [3.8, 4) is 0 Å². The third kappa shape index (κ3) is 6.56. The average molecular weight is 327 g/mol. The Morgan fingerprint density at radius 2 is 1.86 bits per heavy atom. The molecule has 0 aliphatic heterocycles. The summed E-state index contributed by atoms with van der Waals surface area (Å²) in [6.45, 7) is 12.8. The van der Waals surface area contributed by atoms with Gasteiger partial charge in [-0.25, -0.2) is 4.79 Å². The van der Waals surface area contributed by atoms with Crippen molar-refractivity contribution in [2.75, 3.05) is 18.4 Å². The van der Waals surface area contributed by atoms with Crippen molar-refractivity contribution < 1.29 is 9.53 Å². The Bertz CT molecular complexity index is 504. The van der Waals surface area contributed by atoms with Gasteiger partial charge in [-0.3, -0.25) is 0 Å². The van der Waals surface area contributed by atoms with Crippen LogP contribution in [0.3, 0.4) is 0 Å². The monoisotopic (exact) mass is 326 g/mol. The predicted molar refractivity (Wildman–Crippen MR) is 92.6 cm³/mol. The van der Waals surface area contributed by atoms with Gasteiger partial charge in [0, 0.05) is 29.3 Å². The van der Waals surface area contributed by atoms with Crippen molar-refractivity contribution in [1.29, 1.82) is 0 Å². The van der Waals surface area contributed by atoms with Gasteiger partial charge >= 0.3 is 6.09 Å². The second kappa shape index (κ2) is 7.23. The zero-order valence-corrected chi connectivity index (χ0v) is 15.1. The second-order valence-electron chi connectivity index (χ2n) is 7.24. The van der Waals surface area contributed by atoms with Gasteiger partial charge in [0.15, 0.2) is 0 Å². The number of carbonyl (C=O) groups is 1. The number of benzene rings is 1. The van der Waals surface area contributed by atoms with Crippen LogP contribution < -0.4 is 5.32 Å². The van der Waals surface area contributed by atoms with Gasteiger partial charge in [-0.05, 0) is 59.7 Å². The van der Waals surface area contributed by atoms with Gasteiger partial charge in [0.1, 0.15) is 5.60 Å². The van der Waals surface area contributed by atoms with Crippen LogP contribution in [0.5, 0.6) is 0 Å². The number of ether oxygens (including phenoxy) is 1. The van der Waals surface area contributed by atoms with E-state index in [0.29, 0.717) is 18.1 Å². The van der Waals surface area contributed by atoms with Gasteiger partial charge in [0.05, 0.1) is 0 Å². The van der Waals surface area contributed by atoms with Gasteiger partial charge in [-0.1, -0.05) is 17.7 Å². The van der Waals surface area contributed by atoms with Gasteiger partial charge in [0.2, 0.25) is 0 Å². The fraction of sp³-hybridized carbons (Fsp3) is 0.588. The summed E-state index contributed by atoms with van der Waals surface area (Å²) in [6.07, 6.45) is -0.298. The summed E-state index contributed by atoms with van der Waals surface area (Å²) in [5, 5.41) is 3.96. The SMILES string of the molecule is CC(C)(C)OC(=O)N(CCNc1cccc(Cl)c1)C(C)(C)C. The largest absolute Gasteiger partial charge is 0.444 e. The first-order valence-electron chi connectivity index (χ1n) is 7.49. The Hall–Kier alpha value is -1.42. The Morgan fingerprint density at radius 1 is 1.23 bits per heavy atom. The van der Waals surface area contributed by atoms with Crippen molar-refractivity contribution in [3.63, 3.8) is 0 Å². The van der Waals surface area contributed by atoms with Crippen molar-refractivity contribution in [1.82, 2.24) is 4.90 Å². The van der Waals surface area contributed by atoms with E-state index in [1.807, 2.05) is 65.8 Å².